The lowest BCUT2D eigenvalue weighted by Gasteiger charge is -2.43. The molecule has 0 aliphatic heterocycles. The maximum atomic E-state index is 7.30. The van der Waals surface area contributed by atoms with Crippen LogP contribution in [0, 0.1) is 0 Å². The monoisotopic (exact) mass is 1340 g/mol. The second-order valence-corrected chi connectivity index (χ2v) is 28.7. The van der Waals surface area contributed by atoms with Gasteiger partial charge in [0.15, 0.2) is 0 Å². The van der Waals surface area contributed by atoms with E-state index >= 15 is 0 Å². The van der Waals surface area contributed by atoms with Crippen molar-refractivity contribution in [3.8, 4) is 22.7 Å². The van der Waals surface area contributed by atoms with Crippen LogP contribution in [-0.4, -0.2) is 18.3 Å². The third-order valence-electron chi connectivity index (χ3n) is 22.3. The summed E-state index contributed by atoms with van der Waals surface area (Å²) < 4.78 is 24.2. The molecule has 0 atom stereocenters. The van der Waals surface area contributed by atoms with Gasteiger partial charge < -0.3 is 36.9 Å². The van der Waals surface area contributed by atoms with Crippen LogP contribution in [-0.2, 0) is 11.1 Å². The van der Waals surface area contributed by atoms with E-state index in [2.05, 4.69) is 395 Å². The maximum absolute atomic E-state index is 7.30. The molecule has 21 aromatic rings. The number of fused-ring (bicyclic) bond motifs is 22. The average molecular weight is 1340 g/mol. The third-order valence-corrected chi connectivity index (χ3v) is 22.3. The van der Waals surface area contributed by atoms with E-state index in [9.17, 15) is 0 Å². The normalized spacial score (nSPS) is 12.4. The lowest BCUT2D eigenvalue weighted by Crippen LogP contribution is -2.39. The summed E-state index contributed by atoms with van der Waals surface area (Å²) in [6.45, 7) is 9.42. The van der Waals surface area contributed by atoms with Gasteiger partial charge in [0, 0.05) is 99.4 Å². The van der Waals surface area contributed by atoms with Crippen LogP contribution in [0.25, 0.3) is 154 Å². The van der Waals surface area contributed by atoms with Gasteiger partial charge in [-0.15, -0.1) is 0 Å². The molecule has 8 nitrogen and oxygen atoms in total. The second kappa shape index (κ2) is 22.6. The molecule has 104 heavy (non-hydrogen) atoms. The van der Waals surface area contributed by atoms with Gasteiger partial charge >= 0.3 is 0 Å². The van der Waals surface area contributed by atoms with Gasteiger partial charge in [-0.05, 0) is 209 Å². The molecule has 0 unspecified atom stereocenters. The Balaban J connectivity index is 0.708. The van der Waals surface area contributed by atoms with Gasteiger partial charge in [0.25, 0.3) is 0 Å². The van der Waals surface area contributed by atoms with Crippen molar-refractivity contribution in [2.24, 2.45) is 0 Å². The molecule has 0 saturated heterocycles. The molecular weight excluding hydrogens is 1270 g/mol. The number of aromatic nitrogens is 4. The van der Waals surface area contributed by atoms with Crippen LogP contribution < -0.4 is 9.80 Å². The fourth-order valence-corrected chi connectivity index (χ4v) is 17.7. The van der Waals surface area contributed by atoms with E-state index in [0.717, 1.165) is 155 Å². The summed E-state index contributed by atoms with van der Waals surface area (Å²) in [5, 5.41) is 13.6. The number of hydrogen-bond donors (Lipinski definition) is 0. The SMILES string of the molecule is CC(C)(c1ccc(C(C)(C)N(c2ccccc2)c2ccc3c(c2)c2c4oc5ccc6c(c7ccccc7n6-c6ccccc6)c5c4ccc2n3-c2ccccc2)cc1)N(c1ccccc1)c1ccc2c(c1)c1c3oc4ccc5c(c6ccccc6n5-c5ccccc5)c4c3ccc1n2-c1ccccc1. The molecule has 0 bridgehead atoms. The van der Waals surface area contributed by atoms with Crippen molar-refractivity contribution in [3.05, 3.63) is 351 Å². The van der Waals surface area contributed by atoms with Crippen molar-refractivity contribution in [1.82, 2.24) is 18.3 Å². The lowest BCUT2D eigenvalue weighted by molar-refractivity contribution is 0.525. The summed E-state index contributed by atoms with van der Waals surface area (Å²) in [5.74, 6) is 0. The third kappa shape index (κ3) is 8.66. The Kier molecular flexibility index (Phi) is 12.9. The minimum absolute atomic E-state index is 0.577. The fourth-order valence-electron chi connectivity index (χ4n) is 17.7. The molecule has 0 aliphatic rings. The van der Waals surface area contributed by atoms with Crippen LogP contribution in [0.4, 0.5) is 22.7 Å². The van der Waals surface area contributed by atoms with Crippen LogP contribution in [0.15, 0.2) is 349 Å². The molecule has 0 amide bonds. The largest absolute Gasteiger partial charge is 0.455 e. The van der Waals surface area contributed by atoms with Crippen molar-refractivity contribution in [2.75, 3.05) is 9.80 Å². The molecule has 0 spiro atoms. The van der Waals surface area contributed by atoms with Gasteiger partial charge in [0.1, 0.15) is 22.3 Å². The smallest absolute Gasteiger partial charge is 0.145 e. The number of rotatable bonds is 12. The highest BCUT2D eigenvalue weighted by atomic mass is 16.3. The zero-order valence-electron chi connectivity index (χ0n) is 57.8. The maximum Gasteiger partial charge on any atom is 0.145 e. The minimum Gasteiger partial charge on any atom is -0.455 e. The van der Waals surface area contributed by atoms with E-state index in [4.69, 9.17) is 8.83 Å². The minimum atomic E-state index is -0.577. The Hall–Kier alpha value is -13.3. The number of hydrogen-bond acceptors (Lipinski definition) is 4. The molecule has 6 heterocycles. The highest BCUT2D eigenvalue weighted by Crippen LogP contribution is 2.51. The van der Waals surface area contributed by atoms with Gasteiger partial charge in [0.2, 0.25) is 0 Å². The van der Waals surface area contributed by atoms with Crippen LogP contribution >= 0.6 is 0 Å². The van der Waals surface area contributed by atoms with Gasteiger partial charge in [-0.2, -0.15) is 0 Å². The Morgan fingerprint density at radius 2 is 0.510 bits per heavy atom. The molecule has 6 aromatic heterocycles. The predicted octanol–water partition coefficient (Wildman–Crippen LogP) is 26.0. The Bertz CT molecular complexity index is 6580. The van der Waals surface area contributed by atoms with E-state index < -0.39 is 11.1 Å². The molecule has 8 heteroatoms. The molecule has 0 fully saturated rings. The second-order valence-electron chi connectivity index (χ2n) is 28.7. The quantitative estimate of drug-likeness (QED) is 0.122. The summed E-state index contributed by atoms with van der Waals surface area (Å²) in [5.41, 5.74) is 22.4. The van der Waals surface area contributed by atoms with Crippen molar-refractivity contribution in [3.63, 3.8) is 0 Å². The van der Waals surface area contributed by atoms with Gasteiger partial charge in [-0.1, -0.05) is 170 Å². The zero-order valence-corrected chi connectivity index (χ0v) is 57.8. The molecule has 0 radical (unpaired) electrons. The predicted molar refractivity (Wildman–Crippen MR) is 434 cm³/mol. The summed E-state index contributed by atoms with van der Waals surface area (Å²) in [6.07, 6.45) is 0. The number of para-hydroxylation sites is 8. The molecule has 0 N–H and O–H groups in total. The number of nitrogens with zero attached hydrogens (tertiary/aromatic N) is 6. The Labute approximate surface area is 599 Å². The molecule has 0 aliphatic carbocycles. The topological polar surface area (TPSA) is 52.5 Å². The van der Waals surface area contributed by atoms with Crippen LogP contribution in [0.3, 0.4) is 0 Å². The molecule has 15 aromatic carbocycles. The first-order valence-corrected chi connectivity index (χ1v) is 35.9. The number of anilines is 4. The molecule has 21 rings (SSSR count). The van der Waals surface area contributed by atoms with Gasteiger partial charge in [0.05, 0.1) is 66.0 Å². The van der Waals surface area contributed by atoms with E-state index in [1.807, 2.05) is 0 Å². The van der Waals surface area contributed by atoms with E-state index in [0.29, 0.717) is 0 Å². The van der Waals surface area contributed by atoms with Crippen LogP contribution in [0.2, 0.25) is 0 Å². The highest BCUT2D eigenvalue weighted by molar-refractivity contribution is 6.34. The number of furan rings is 2. The average Bonchev–Trinajstić information content (AvgIpc) is 1.54. The highest BCUT2D eigenvalue weighted by Gasteiger charge is 2.36. The van der Waals surface area contributed by atoms with Crippen molar-refractivity contribution >= 4 is 154 Å². The van der Waals surface area contributed by atoms with Crippen molar-refractivity contribution in [1.29, 1.82) is 0 Å². The Morgan fingerprint density at radius 1 is 0.221 bits per heavy atom. The van der Waals surface area contributed by atoms with E-state index in [-0.39, 0.29) is 0 Å². The standard InChI is InChI=1S/C96H68N6O2/c1-95(2,101(67-35-19-9-20-36-67)69-47-51-79-75(59-69)89-83(99(79)65-31-15-7-16-32-65)53-49-73-91-85(103-93(73)89)57-55-81-87(91)71-39-23-25-41-77(71)97(81)63-27-11-5-12-28-63)61-43-45-62(46-44-61)96(3,4)102(68-37-21-10-22-38-68)70-48-52-80-76(60-70)90-84(100(80)66-33-17-8-18-34-66)54-50-74-92-86(104-94(74)90)58-56-82-88(92)72-40-24-26-42-78(72)98(82)64-29-13-6-14-30-64/h5-60H,1-4H3. The summed E-state index contributed by atoms with van der Waals surface area (Å²) in [6, 6.07) is 124. The van der Waals surface area contributed by atoms with Gasteiger partial charge in [-0.25, -0.2) is 0 Å². The van der Waals surface area contributed by atoms with Crippen LogP contribution in [0.5, 0.6) is 0 Å². The first-order chi connectivity index (χ1) is 51.2. The first-order valence-electron chi connectivity index (χ1n) is 35.9. The van der Waals surface area contributed by atoms with E-state index in [1.165, 1.54) is 32.7 Å². The zero-order chi connectivity index (χ0) is 69.1. The summed E-state index contributed by atoms with van der Waals surface area (Å²) >= 11 is 0. The Morgan fingerprint density at radius 3 is 0.865 bits per heavy atom. The number of benzene rings is 15. The van der Waals surface area contributed by atoms with E-state index in [1.54, 1.807) is 0 Å². The first kappa shape index (κ1) is 59.6. The molecule has 0 saturated carbocycles. The molecule has 494 valence electrons. The van der Waals surface area contributed by atoms with Crippen molar-refractivity contribution in [2.45, 2.75) is 38.8 Å². The summed E-state index contributed by atoms with van der Waals surface area (Å²) in [4.78, 5) is 5.03. The van der Waals surface area contributed by atoms with Crippen molar-refractivity contribution < 1.29 is 8.83 Å². The fraction of sp³-hybridized carbons (Fsp3) is 0.0625. The van der Waals surface area contributed by atoms with Crippen LogP contribution in [0.1, 0.15) is 38.8 Å². The molecular formula is C96H68N6O2. The van der Waals surface area contributed by atoms with Gasteiger partial charge in [-0.3, -0.25) is 0 Å². The lowest BCUT2D eigenvalue weighted by atomic mass is 9.85. The summed E-state index contributed by atoms with van der Waals surface area (Å²) in [7, 11) is 0.